The van der Waals surface area contributed by atoms with E-state index in [0.29, 0.717) is 11.3 Å². The van der Waals surface area contributed by atoms with Crippen LogP contribution in [0.2, 0.25) is 5.02 Å². The van der Waals surface area contributed by atoms with E-state index < -0.39 is 10.7 Å². The number of rotatable bonds is 4. The molecule has 0 heterocycles. The molecule has 2 aromatic rings. The molecule has 0 aliphatic carbocycles. The maximum Gasteiger partial charge on any atom is 0.288 e. The van der Waals surface area contributed by atoms with E-state index in [1.54, 1.807) is 25.1 Å². The van der Waals surface area contributed by atoms with E-state index in [1.807, 2.05) is 0 Å². The number of benzene rings is 2. The molecule has 0 aromatic heterocycles. The van der Waals surface area contributed by atoms with E-state index in [9.17, 15) is 14.5 Å². The van der Waals surface area contributed by atoms with Gasteiger partial charge >= 0.3 is 0 Å². The van der Waals surface area contributed by atoms with E-state index in [4.69, 9.17) is 23.8 Å². The second-order valence-electron chi connectivity index (χ2n) is 4.67. The van der Waals surface area contributed by atoms with Gasteiger partial charge in [-0.2, -0.15) is 5.10 Å². The van der Waals surface area contributed by atoms with Crippen LogP contribution in [0.3, 0.4) is 0 Å². The average molecular weight is 367 g/mol. The van der Waals surface area contributed by atoms with Crippen LogP contribution in [0, 0.1) is 15.9 Å². The van der Waals surface area contributed by atoms with Gasteiger partial charge in [-0.25, -0.2) is 4.39 Å². The monoisotopic (exact) mass is 366 g/mol. The Balaban J connectivity index is 2.09. The molecule has 2 rings (SSSR count). The number of para-hydroxylation sites is 1. The van der Waals surface area contributed by atoms with Crippen molar-refractivity contribution >= 4 is 46.0 Å². The van der Waals surface area contributed by atoms with Gasteiger partial charge in [-0.05, 0) is 37.3 Å². The zero-order valence-electron chi connectivity index (χ0n) is 12.4. The molecule has 0 atom stereocenters. The third-order valence-corrected chi connectivity index (χ3v) is 3.52. The second-order valence-corrected chi connectivity index (χ2v) is 5.48. The molecule has 6 nitrogen and oxygen atoms in total. The first-order valence-electron chi connectivity index (χ1n) is 6.68. The van der Waals surface area contributed by atoms with Crippen molar-refractivity contribution in [2.75, 3.05) is 5.32 Å². The van der Waals surface area contributed by atoms with Gasteiger partial charge in [0.1, 0.15) is 10.8 Å². The summed E-state index contributed by atoms with van der Waals surface area (Å²) in [4.78, 5) is 10.3. The first-order chi connectivity index (χ1) is 11.4. The smallest absolute Gasteiger partial charge is 0.288 e. The Morgan fingerprint density at radius 3 is 2.71 bits per heavy atom. The molecule has 124 valence electrons. The van der Waals surface area contributed by atoms with Crippen LogP contribution < -0.4 is 10.7 Å². The first kappa shape index (κ1) is 17.8. The predicted octanol–water partition coefficient (Wildman–Crippen LogP) is 4.10. The van der Waals surface area contributed by atoms with E-state index in [-0.39, 0.29) is 21.5 Å². The zero-order valence-corrected chi connectivity index (χ0v) is 14.0. The van der Waals surface area contributed by atoms with Crippen molar-refractivity contribution < 1.29 is 9.31 Å². The van der Waals surface area contributed by atoms with Crippen LogP contribution in [0.4, 0.5) is 15.8 Å². The van der Waals surface area contributed by atoms with Crippen LogP contribution in [-0.2, 0) is 0 Å². The van der Waals surface area contributed by atoms with Gasteiger partial charge in [0.2, 0.25) is 0 Å². The summed E-state index contributed by atoms with van der Waals surface area (Å²) in [5.41, 5.74) is 3.52. The number of nitrogens with one attached hydrogen (secondary N) is 2. The van der Waals surface area contributed by atoms with Crippen LogP contribution >= 0.6 is 23.8 Å². The summed E-state index contributed by atoms with van der Waals surface area (Å²) in [5.74, 6) is -0.448. The molecule has 0 fully saturated rings. The Labute approximate surface area is 147 Å². The standard InChI is InChI=1S/C15H12ClFN4O2S/c1-9(10-6-7-11(16)14(8-10)21(22)23)19-20-15(24)18-13-5-3-2-4-12(13)17/h2-8H,1H3,(H2,18,20,24)/b19-9+. The minimum Gasteiger partial charge on any atom is -0.329 e. The fraction of sp³-hybridized carbons (Fsp3) is 0.0667. The number of nitro benzene ring substituents is 1. The molecule has 24 heavy (non-hydrogen) atoms. The van der Waals surface area contributed by atoms with Gasteiger partial charge in [0, 0.05) is 11.6 Å². The molecular formula is C15H12ClFN4O2S. The number of hydrazone groups is 1. The minimum atomic E-state index is -0.573. The van der Waals surface area contributed by atoms with Crippen LogP contribution in [0.25, 0.3) is 0 Å². The summed E-state index contributed by atoms with van der Waals surface area (Å²) in [6.45, 7) is 1.64. The van der Waals surface area contributed by atoms with Crippen LogP contribution in [0.5, 0.6) is 0 Å². The van der Waals surface area contributed by atoms with Gasteiger partial charge in [-0.1, -0.05) is 29.8 Å². The molecule has 0 radical (unpaired) electrons. The molecule has 0 amide bonds. The number of halogens is 2. The van der Waals surface area contributed by atoms with E-state index in [1.165, 1.54) is 24.3 Å². The zero-order chi connectivity index (χ0) is 17.7. The average Bonchev–Trinajstić information content (AvgIpc) is 2.55. The predicted molar refractivity (Wildman–Crippen MR) is 96.1 cm³/mol. The van der Waals surface area contributed by atoms with E-state index in [0.717, 1.165) is 0 Å². The highest BCUT2D eigenvalue weighted by Crippen LogP contribution is 2.25. The topological polar surface area (TPSA) is 79.6 Å². The minimum absolute atomic E-state index is 0.0428. The van der Waals surface area contributed by atoms with Crippen LogP contribution in [0.15, 0.2) is 47.6 Å². The van der Waals surface area contributed by atoms with Crippen LogP contribution in [-0.4, -0.2) is 15.7 Å². The summed E-state index contributed by atoms with van der Waals surface area (Å²) in [6, 6.07) is 10.4. The molecule has 2 N–H and O–H groups in total. The number of hydrogen-bond acceptors (Lipinski definition) is 4. The number of thiocarbonyl (C=S) groups is 1. The largest absolute Gasteiger partial charge is 0.329 e. The lowest BCUT2D eigenvalue weighted by molar-refractivity contribution is -0.384. The lowest BCUT2D eigenvalue weighted by Crippen LogP contribution is -2.25. The van der Waals surface area contributed by atoms with Crippen molar-refractivity contribution in [2.24, 2.45) is 5.10 Å². The number of nitro groups is 1. The van der Waals surface area contributed by atoms with Crippen molar-refractivity contribution in [3.8, 4) is 0 Å². The van der Waals surface area contributed by atoms with Crippen molar-refractivity contribution in [1.29, 1.82) is 0 Å². The molecule has 2 aromatic carbocycles. The Morgan fingerprint density at radius 1 is 1.33 bits per heavy atom. The van der Waals surface area contributed by atoms with Crippen LogP contribution in [0.1, 0.15) is 12.5 Å². The van der Waals surface area contributed by atoms with Crippen molar-refractivity contribution in [3.63, 3.8) is 0 Å². The van der Waals surface area contributed by atoms with Crippen molar-refractivity contribution in [1.82, 2.24) is 5.43 Å². The lowest BCUT2D eigenvalue weighted by Gasteiger charge is -2.09. The number of anilines is 1. The Bertz CT molecular complexity index is 829. The highest BCUT2D eigenvalue weighted by Gasteiger charge is 2.13. The summed E-state index contributed by atoms with van der Waals surface area (Å²) in [6.07, 6.45) is 0. The fourth-order valence-corrected chi connectivity index (χ4v) is 2.13. The SMILES string of the molecule is C/C(=N\NC(=S)Nc1ccccc1F)c1ccc(Cl)c([N+](=O)[O-])c1. The number of nitrogens with zero attached hydrogens (tertiary/aromatic N) is 2. The third kappa shape index (κ3) is 4.46. The molecule has 0 saturated heterocycles. The Kier molecular flexibility index (Phi) is 5.78. The summed E-state index contributed by atoms with van der Waals surface area (Å²) < 4.78 is 13.5. The summed E-state index contributed by atoms with van der Waals surface area (Å²) in [5, 5.41) is 17.7. The normalized spacial score (nSPS) is 11.0. The van der Waals surface area contributed by atoms with Gasteiger partial charge in [-0.15, -0.1) is 0 Å². The highest BCUT2D eigenvalue weighted by atomic mass is 35.5. The Morgan fingerprint density at radius 2 is 2.04 bits per heavy atom. The molecule has 0 aliphatic rings. The molecular weight excluding hydrogens is 355 g/mol. The van der Waals surface area contributed by atoms with E-state index in [2.05, 4.69) is 15.8 Å². The van der Waals surface area contributed by atoms with Crippen molar-refractivity contribution in [3.05, 3.63) is 69.0 Å². The fourth-order valence-electron chi connectivity index (χ4n) is 1.79. The summed E-state index contributed by atoms with van der Waals surface area (Å²) >= 11 is 10.8. The van der Waals surface area contributed by atoms with Gasteiger partial charge in [-0.3, -0.25) is 15.5 Å². The molecule has 0 bridgehead atoms. The lowest BCUT2D eigenvalue weighted by atomic mass is 10.1. The maximum absolute atomic E-state index is 13.5. The van der Waals surface area contributed by atoms with Gasteiger partial charge in [0.05, 0.1) is 16.3 Å². The van der Waals surface area contributed by atoms with Gasteiger partial charge < -0.3 is 5.32 Å². The number of hydrogen-bond donors (Lipinski definition) is 2. The first-order valence-corrected chi connectivity index (χ1v) is 7.47. The third-order valence-electron chi connectivity index (χ3n) is 3.01. The van der Waals surface area contributed by atoms with Gasteiger partial charge in [0.25, 0.3) is 5.69 Å². The van der Waals surface area contributed by atoms with Crippen molar-refractivity contribution in [2.45, 2.75) is 6.92 Å². The second kappa shape index (κ2) is 7.80. The molecule has 0 saturated carbocycles. The van der Waals surface area contributed by atoms with Gasteiger partial charge in [0.15, 0.2) is 5.11 Å². The molecule has 9 heteroatoms. The molecule has 0 aliphatic heterocycles. The summed E-state index contributed by atoms with van der Waals surface area (Å²) in [7, 11) is 0. The molecule has 0 spiro atoms. The quantitative estimate of drug-likeness (QED) is 0.368. The maximum atomic E-state index is 13.5. The highest BCUT2D eigenvalue weighted by molar-refractivity contribution is 7.80. The molecule has 0 unspecified atom stereocenters. The van der Waals surface area contributed by atoms with E-state index >= 15 is 0 Å². The Hall–Kier alpha value is -2.58.